The summed E-state index contributed by atoms with van der Waals surface area (Å²) in [6, 6.07) is 11.8. The lowest BCUT2D eigenvalue weighted by molar-refractivity contribution is -0.137. The van der Waals surface area contributed by atoms with E-state index in [1.807, 2.05) is 0 Å². The number of sulfonamides is 1. The van der Waals surface area contributed by atoms with Crippen LogP contribution in [-0.2, 0) is 19.6 Å². The van der Waals surface area contributed by atoms with E-state index in [0.717, 1.165) is 0 Å². The Labute approximate surface area is 164 Å². The molecule has 0 unspecified atom stereocenters. The molecule has 8 nitrogen and oxygen atoms in total. The molecule has 9 heteroatoms. The van der Waals surface area contributed by atoms with E-state index >= 15 is 0 Å². The van der Waals surface area contributed by atoms with Crippen molar-refractivity contribution in [3.63, 3.8) is 0 Å². The van der Waals surface area contributed by atoms with Crippen LogP contribution in [0.3, 0.4) is 0 Å². The molecule has 0 aliphatic carbocycles. The van der Waals surface area contributed by atoms with Gasteiger partial charge in [-0.1, -0.05) is 12.1 Å². The number of rotatable bonds is 7. The molecule has 0 aliphatic rings. The molecule has 1 N–H and O–H groups in total. The number of ether oxygens (including phenoxy) is 2. The first kappa shape index (κ1) is 21.2. The number of nitrogens with zero attached hydrogens (tertiary/aromatic N) is 1. The molecule has 0 radical (unpaired) electrons. The van der Waals surface area contributed by atoms with Gasteiger partial charge >= 0.3 is 5.97 Å². The maximum atomic E-state index is 12.6. The van der Waals surface area contributed by atoms with E-state index in [9.17, 15) is 18.0 Å². The van der Waals surface area contributed by atoms with Crippen LogP contribution in [0.2, 0.25) is 0 Å². The number of hydrogen-bond donors (Lipinski definition) is 1. The van der Waals surface area contributed by atoms with Gasteiger partial charge in [-0.05, 0) is 43.3 Å². The Bertz CT molecular complexity index is 955. The minimum Gasteiger partial charge on any atom is -0.497 e. The third kappa shape index (κ3) is 5.01. The largest absolute Gasteiger partial charge is 0.497 e. The van der Waals surface area contributed by atoms with Crippen LogP contribution in [-0.4, -0.2) is 52.5 Å². The van der Waals surface area contributed by atoms with Gasteiger partial charge in [0.2, 0.25) is 0 Å². The molecule has 2 rings (SSSR count). The predicted octanol–water partition coefficient (Wildman–Crippen LogP) is 2.13. The van der Waals surface area contributed by atoms with Gasteiger partial charge in [-0.3, -0.25) is 9.52 Å². The van der Waals surface area contributed by atoms with Gasteiger partial charge in [0.15, 0.2) is 6.10 Å². The summed E-state index contributed by atoms with van der Waals surface area (Å²) in [6.45, 7) is 1.45. The second-order valence-corrected chi connectivity index (χ2v) is 7.79. The van der Waals surface area contributed by atoms with Crippen LogP contribution in [0.25, 0.3) is 0 Å². The summed E-state index contributed by atoms with van der Waals surface area (Å²) in [6.07, 6.45) is -1.01. The summed E-state index contributed by atoms with van der Waals surface area (Å²) >= 11 is 0. The first-order valence-electron chi connectivity index (χ1n) is 8.33. The monoisotopic (exact) mass is 406 g/mol. The van der Waals surface area contributed by atoms with E-state index in [-0.39, 0.29) is 22.1 Å². The van der Waals surface area contributed by atoms with E-state index in [2.05, 4.69) is 4.72 Å². The average molecular weight is 406 g/mol. The number of methoxy groups -OCH3 is 1. The minimum atomic E-state index is -3.94. The van der Waals surface area contributed by atoms with Crippen LogP contribution in [0, 0.1) is 0 Å². The molecule has 0 bridgehead atoms. The number of para-hydroxylation sites is 1. The number of nitrogens with one attached hydrogen (secondary N) is 1. The lowest BCUT2D eigenvalue weighted by Crippen LogP contribution is -2.35. The molecule has 0 aromatic heterocycles. The Morgan fingerprint density at radius 1 is 1.04 bits per heavy atom. The quantitative estimate of drug-likeness (QED) is 0.707. The number of amides is 1. The summed E-state index contributed by atoms with van der Waals surface area (Å²) in [5.41, 5.74) is 0.0470. The Morgan fingerprint density at radius 3 is 2.21 bits per heavy atom. The summed E-state index contributed by atoms with van der Waals surface area (Å²) in [5, 5.41) is 0. The standard InChI is InChI=1S/C19H22N2O6S/c1-13(18(22)21(2)3)27-19(23)16-7-5-6-8-17(16)20-28(24,25)15-11-9-14(26-4)10-12-15/h5-13,20H,1-4H3/t13-/m0/s1. The number of anilines is 1. The van der Waals surface area contributed by atoms with Gasteiger partial charge < -0.3 is 14.4 Å². The summed E-state index contributed by atoms with van der Waals surface area (Å²) < 4.78 is 37.8. The second kappa shape index (κ2) is 8.75. The molecular weight excluding hydrogens is 384 g/mol. The zero-order chi connectivity index (χ0) is 20.9. The number of hydrogen-bond acceptors (Lipinski definition) is 6. The van der Waals surface area contributed by atoms with Gasteiger partial charge in [0.25, 0.3) is 15.9 Å². The van der Waals surface area contributed by atoms with Crippen LogP contribution >= 0.6 is 0 Å². The maximum absolute atomic E-state index is 12.6. The van der Waals surface area contributed by atoms with Crippen LogP contribution in [0.15, 0.2) is 53.4 Å². The topological polar surface area (TPSA) is 102 Å². The third-order valence-electron chi connectivity index (χ3n) is 3.83. The van der Waals surface area contributed by atoms with E-state index in [0.29, 0.717) is 5.75 Å². The molecule has 0 heterocycles. The highest BCUT2D eigenvalue weighted by atomic mass is 32.2. The maximum Gasteiger partial charge on any atom is 0.341 e. The van der Waals surface area contributed by atoms with E-state index in [4.69, 9.17) is 9.47 Å². The van der Waals surface area contributed by atoms with Gasteiger partial charge in [-0.25, -0.2) is 13.2 Å². The Kier molecular flexibility index (Phi) is 6.63. The summed E-state index contributed by atoms with van der Waals surface area (Å²) in [4.78, 5) is 25.7. The highest BCUT2D eigenvalue weighted by Gasteiger charge is 2.24. The third-order valence-corrected chi connectivity index (χ3v) is 5.21. The van der Waals surface area contributed by atoms with Crippen molar-refractivity contribution >= 4 is 27.6 Å². The van der Waals surface area contributed by atoms with Crippen LogP contribution in [0.5, 0.6) is 5.75 Å². The van der Waals surface area contributed by atoms with E-state index in [1.54, 1.807) is 26.2 Å². The molecule has 0 saturated carbocycles. The fourth-order valence-corrected chi connectivity index (χ4v) is 3.43. The van der Waals surface area contributed by atoms with Gasteiger partial charge in [-0.2, -0.15) is 0 Å². The van der Waals surface area contributed by atoms with Crippen LogP contribution in [0.1, 0.15) is 17.3 Å². The Hall–Kier alpha value is -3.07. The number of carbonyl (C=O) groups is 2. The van der Waals surface area contributed by atoms with Crippen molar-refractivity contribution in [1.29, 1.82) is 0 Å². The molecule has 0 spiro atoms. The first-order valence-corrected chi connectivity index (χ1v) is 9.82. The molecule has 2 aromatic carbocycles. The van der Waals surface area contributed by atoms with Crippen LogP contribution < -0.4 is 9.46 Å². The highest BCUT2D eigenvalue weighted by molar-refractivity contribution is 7.92. The van der Waals surface area contributed by atoms with Crippen molar-refractivity contribution in [1.82, 2.24) is 4.90 Å². The molecule has 2 aromatic rings. The van der Waals surface area contributed by atoms with Crippen molar-refractivity contribution in [2.75, 3.05) is 25.9 Å². The van der Waals surface area contributed by atoms with Crippen LogP contribution in [0.4, 0.5) is 5.69 Å². The molecule has 0 saturated heterocycles. The predicted molar refractivity (Wildman–Crippen MR) is 104 cm³/mol. The summed E-state index contributed by atoms with van der Waals surface area (Å²) in [7, 11) is 0.627. The smallest absolute Gasteiger partial charge is 0.341 e. The van der Waals surface area contributed by atoms with Gasteiger partial charge in [0.05, 0.1) is 23.3 Å². The molecule has 0 fully saturated rings. The van der Waals surface area contributed by atoms with Crippen molar-refractivity contribution < 1.29 is 27.5 Å². The Balaban J connectivity index is 2.25. The second-order valence-electron chi connectivity index (χ2n) is 6.11. The normalized spacial score (nSPS) is 12.0. The number of esters is 1. The van der Waals surface area contributed by atoms with Crippen molar-refractivity contribution in [3.8, 4) is 5.75 Å². The molecule has 0 aliphatic heterocycles. The van der Waals surface area contributed by atoms with Gasteiger partial charge in [0, 0.05) is 14.1 Å². The molecule has 28 heavy (non-hydrogen) atoms. The zero-order valence-electron chi connectivity index (χ0n) is 16.0. The number of likely N-dealkylation sites (N-methyl/N-ethyl adjacent to an activating group) is 1. The minimum absolute atomic E-state index is 0.00186. The lowest BCUT2D eigenvalue weighted by Gasteiger charge is -2.18. The highest BCUT2D eigenvalue weighted by Crippen LogP contribution is 2.23. The average Bonchev–Trinajstić information content (AvgIpc) is 2.67. The fourth-order valence-electron chi connectivity index (χ4n) is 2.35. The lowest BCUT2D eigenvalue weighted by atomic mass is 10.2. The fraction of sp³-hybridized carbons (Fsp3) is 0.263. The number of benzene rings is 2. The zero-order valence-corrected chi connectivity index (χ0v) is 16.8. The molecule has 1 amide bonds. The van der Waals surface area contributed by atoms with Crippen molar-refractivity contribution in [2.45, 2.75) is 17.9 Å². The van der Waals surface area contributed by atoms with Gasteiger partial charge in [-0.15, -0.1) is 0 Å². The SMILES string of the molecule is COc1ccc(S(=O)(=O)Nc2ccccc2C(=O)O[C@@H](C)C(=O)N(C)C)cc1. The summed E-state index contributed by atoms with van der Waals surface area (Å²) in [5.74, 6) is -0.678. The van der Waals surface area contributed by atoms with E-state index < -0.39 is 22.1 Å². The molecule has 150 valence electrons. The van der Waals surface area contributed by atoms with Crippen molar-refractivity contribution in [3.05, 3.63) is 54.1 Å². The molecular formula is C19H22N2O6S. The first-order chi connectivity index (χ1) is 13.2. The van der Waals surface area contributed by atoms with E-state index in [1.165, 1.54) is 55.3 Å². The Morgan fingerprint density at radius 2 is 1.64 bits per heavy atom. The number of carbonyl (C=O) groups excluding carboxylic acids is 2. The van der Waals surface area contributed by atoms with Gasteiger partial charge in [0.1, 0.15) is 5.75 Å². The molecule has 1 atom stereocenters. The van der Waals surface area contributed by atoms with Crippen molar-refractivity contribution in [2.24, 2.45) is 0 Å².